The molecule has 0 unspecified atom stereocenters. The van der Waals surface area contributed by atoms with E-state index >= 15 is 0 Å². The van der Waals surface area contributed by atoms with E-state index in [9.17, 15) is 14.4 Å². The molecule has 6 nitrogen and oxygen atoms in total. The number of hydrogen-bond acceptors (Lipinski definition) is 4. The van der Waals surface area contributed by atoms with Gasteiger partial charge in [0.05, 0.1) is 12.6 Å². The molecule has 3 fully saturated rings. The van der Waals surface area contributed by atoms with Crippen molar-refractivity contribution in [2.24, 2.45) is 5.92 Å². The third-order valence-corrected chi connectivity index (χ3v) is 7.62. The van der Waals surface area contributed by atoms with Crippen molar-refractivity contribution in [3.8, 4) is 0 Å². The quantitative estimate of drug-likeness (QED) is 0.596. The SMILES string of the molecule is CCC(=O)[C@H](NC(=O)c1cccc([C@H]2CCCN(C(=O)CNC3CC3)C2)c1)C1CCCCC1. The van der Waals surface area contributed by atoms with E-state index in [4.69, 9.17) is 0 Å². The standard InChI is InChI=1S/C27H39N3O3/c1-2-24(31)26(19-8-4-3-5-9-19)29-27(33)21-11-6-10-20(16-21)22-12-7-15-30(18-22)25(32)17-28-23-13-14-23/h6,10-11,16,19,22-23,26,28H,2-5,7-9,12-15,17-18H2,1H3,(H,29,33)/t22-,26+/m0/s1. The van der Waals surface area contributed by atoms with Gasteiger partial charge in [-0.05, 0) is 62.1 Å². The van der Waals surface area contributed by atoms with Crippen LogP contribution in [0.1, 0.15) is 93.0 Å². The molecule has 1 aliphatic heterocycles. The molecule has 0 aromatic heterocycles. The van der Waals surface area contributed by atoms with E-state index in [1.165, 1.54) is 19.3 Å². The van der Waals surface area contributed by atoms with Gasteiger partial charge in [0.25, 0.3) is 5.91 Å². The Morgan fingerprint density at radius 1 is 1.03 bits per heavy atom. The lowest BCUT2D eigenvalue weighted by Gasteiger charge is -2.33. The third kappa shape index (κ3) is 6.44. The van der Waals surface area contributed by atoms with Crippen LogP contribution in [-0.2, 0) is 9.59 Å². The van der Waals surface area contributed by atoms with Gasteiger partial charge in [-0.15, -0.1) is 0 Å². The number of carbonyl (C=O) groups is 3. The molecule has 1 aromatic carbocycles. The maximum atomic E-state index is 13.1. The molecule has 2 amide bonds. The average molecular weight is 454 g/mol. The molecule has 6 heteroatoms. The maximum Gasteiger partial charge on any atom is 0.251 e. The number of Topliss-reactive ketones (excluding diaryl/α,β-unsaturated/α-hetero) is 1. The molecular weight excluding hydrogens is 414 g/mol. The van der Waals surface area contributed by atoms with Gasteiger partial charge in [0, 0.05) is 37.0 Å². The molecule has 1 saturated heterocycles. The lowest BCUT2D eigenvalue weighted by Crippen LogP contribution is -2.46. The molecule has 1 aromatic rings. The molecule has 0 spiro atoms. The lowest BCUT2D eigenvalue weighted by molar-refractivity contribution is -0.131. The van der Waals surface area contributed by atoms with E-state index in [1.54, 1.807) is 0 Å². The van der Waals surface area contributed by atoms with E-state index in [-0.39, 0.29) is 35.5 Å². The number of benzene rings is 1. The van der Waals surface area contributed by atoms with Gasteiger partial charge in [0.1, 0.15) is 0 Å². The van der Waals surface area contributed by atoms with Gasteiger partial charge in [-0.3, -0.25) is 14.4 Å². The zero-order valence-electron chi connectivity index (χ0n) is 20.0. The first kappa shape index (κ1) is 23.9. The highest BCUT2D eigenvalue weighted by molar-refractivity contribution is 5.98. The zero-order chi connectivity index (χ0) is 23.2. The van der Waals surface area contributed by atoms with Crippen molar-refractivity contribution in [1.82, 2.24) is 15.5 Å². The number of nitrogens with zero attached hydrogens (tertiary/aromatic N) is 1. The number of hydrogen-bond donors (Lipinski definition) is 2. The second kappa shape index (κ2) is 11.3. The van der Waals surface area contributed by atoms with E-state index in [0.29, 0.717) is 31.1 Å². The molecule has 1 heterocycles. The van der Waals surface area contributed by atoms with Crippen molar-refractivity contribution in [2.75, 3.05) is 19.6 Å². The lowest BCUT2D eigenvalue weighted by atomic mass is 9.81. The van der Waals surface area contributed by atoms with Crippen LogP contribution >= 0.6 is 0 Å². The normalized spacial score (nSPS) is 22.6. The minimum atomic E-state index is -0.381. The van der Waals surface area contributed by atoms with Crippen LogP contribution in [0.3, 0.4) is 0 Å². The number of ketones is 1. The highest BCUT2D eigenvalue weighted by Crippen LogP contribution is 2.29. The summed E-state index contributed by atoms with van der Waals surface area (Å²) in [6.45, 7) is 3.81. The molecule has 0 bridgehead atoms. The van der Waals surface area contributed by atoms with E-state index < -0.39 is 0 Å². The molecule has 4 rings (SSSR count). The van der Waals surface area contributed by atoms with Crippen LogP contribution in [0.5, 0.6) is 0 Å². The smallest absolute Gasteiger partial charge is 0.251 e. The van der Waals surface area contributed by atoms with Crippen LogP contribution in [0.4, 0.5) is 0 Å². The Morgan fingerprint density at radius 2 is 1.82 bits per heavy atom. The van der Waals surface area contributed by atoms with Crippen LogP contribution in [0.15, 0.2) is 24.3 Å². The summed E-state index contributed by atoms with van der Waals surface area (Å²) in [4.78, 5) is 40.4. The summed E-state index contributed by atoms with van der Waals surface area (Å²) in [6.07, 6.45) is 10.3. The van der Waals surface area contributed by atoms with Crippen LogP contribution in [0.2, 0.25) is 0 Å². The average Bonchev–Trinajstić information content (AvgIpc) is 3.70. The molecule has 0 radical (unpaired) electrons. The maximum absolute atomic E-state index is 13.1. The van der Waals surface area contributed by atoms with Crippen molar-refractivity contribution in [3.63, 3.8) is 0 Å². The Balaban J connectivity index is 1.40. The Morgan fingerprint density at radius 3 is 2.55 bits per heavy atom. The Kier molecular flexibility index (Phi) is 8.18. The van der Waals surface area contributed by atoms with Crippen molar-refractivity contribution >= 4 is 17.6 Å². The summed E-state index contributed by atoms with van der Waals surface area (Å²) in [6, 6.07) is 7.93. The van der Waals surface area contributed by atoms with Crippen LogP contribution in [-0.4, -0.2) is 54.2 Å². The zero-order valence-corrected chi connectivity index (χ0v) is 20.0. The Bertz CT molecular complexity index is 845. The minimum Gasteiger partial charge on any atom is -0.342 e. The fourth-order valence-electron chi connectivity index (χ4n) is 5.41. The first-order chi connectivity index (χ1) is 16.0. The molecule has 3 aliphatic rings. The Labute approximate surface area is 197 Å². The van der Waals surface area contributed by atoms with Crippen LogP contribution < -0.4 is 10.6 Å². The van der Waals surface area contributed by atoms with Gasteiger partial charge in [0.2, 0.25) is 5.91 Å². The van der Waals surface area contributed by atoms with Gasteiger partial charge >= 0.3 is 0 Å². The molecular formula is C27H39N3O3. The van der Waals surface area contributed by atoms with Gasteiger partial charge in [-0.25, -0.2) is 0 Å². The van der Waals surface area contributed by atoms with Crippen molar-refractivity contribution in [3.05, 3.63) is 35.4 Å². The number of piperidine rings is 1. The Hall–Kier alpha value is -2.21. The number of carbonyl (C=O) groups excluding carboxylic acids is 3. The summed E-state index contributed by atoms with van der Waals surface area (Å²) >= 11 is 0. The number of nitrogens with one attached hydrogen (secondary N) is 2. The van der Waals surface area contributed by atoms with Crippen molar-refractivity contribution in [1.29, 1.82) is 0 Å². The van der Waals surface area contributed by atoms with Gasteiger partial charge in [-0.2, -0.15) is 0 Å². The number of likely N-dealkylation sites (tertiary alicyclic amines) is 1. The fraction of sp³-hybridized carbons (Fsp3) is 0.667. The predicted molar refractivity (Wildman–Crippen MR) is 129 cm³/mol. The van der Waals surface area contributed by atoms with E-state index in [0.717, 1.165) is 50.6 Å². The van der Waals surface area contributed by atoms with Crippen molar-refractivity contribution < 1.29 is 14.4 Å². The number of rotatable bonds is 9. The van der Waals surface area contributed by atoms with Crippen molar-refractivity contribution in [2.45, 2.75) is 89.1 Å². The minimum absolute atomic E-state index is 0.132. The molecule has 2 saturated carbocycles. The molecule has 180 valence electrons. The fourth-order valence-corrected chi connectivity index (χ4v) is 5.41. The van der Waals surface area contributed by atoms with Gasteiger partial charge < -0.3 is 15.5 Å². The van der Waals surface area contributed by atoms with Crippen LogP contribution in [0, 0.1) is 5.92 Å². The first-order valence-corrected chi connectivity index (χ1v) is 13.0. The predicted octanol–water partition coefficient (Wildman–Crippen LogP) is 3.80. The highest BCUT2D eigenvalue weighted by atomic mass is 16.2. The second-order valence-electron chi connectivity index (χ2n) is 10.1. The summed E-state index contributed by atoms with van der Waals surface area (Å²) in [5.74, 6) is 0.636. The third-order valence-electron chi connectivity index (χ3n) is 7.62. The summed E-state index contributed by atoms with van der Waals surface area (Å²) in [5.41, 5.74) is 1.71. The molecule has 2 N–H and O–H groups in total. The summed E-state index contributed by atoms with van der Waals surface area (Å²) in [7, 11) is 0. The van der Waals surface area contributed by atoms with E-state index in [2.05, 4.69) is 16.7 Å². The van der Waals surface area contributed by atoms with Crippen LogP contribution in [0.25, 0.3) is 0 Å². The highest BCUT2D eigenvalue weighted by Gasteiger charge is 2.31. The molecule has 2 atom stereocenters. The number of amides is 2. The topological polar surface area (TPSA) is 78.5 Å². The monoisotopic (exact) mass is 453 g/mol. The molecule has 2 aliphatic carbocycles. The largest absolute Gasteiger partial charge is 0.342 e. The second-order valence-corrected chi connectivity index (χ2v) is 10.1. The van der Waals surface area contributed by atoms with E-state index in [1.807, 2.05) is 30.0 Å². The molecule has 33 heavy (non-hydrogen) atoms. The van der Waals surface area contributed by atoms with Gasteiger partial charge in [0.15, 0.2) is 5.78 Å². The first-order valence-electron chi connectivity index (χ1n) is 13.0. The summed E-state index contributed by atoms with van der Waals surface area (Å²) in [5, 5.41) is 6.40. The summed E-state index contributed by atoms with van der Waals surface area (Å²) < 4.78 is 0. The van der Waals surface area contributed by atoms with Gasteiger partial charge in [-0.1, -0.05) is 38.3 Å².